The minimum atomic E-state index is -0.399. The molecule has 2 atom stereocenters. The Morgan fingerprint density at radius 1 is 1.32 bits per heavy atom. The van der Waals surface area contributed by atoms with Gasteiger partial charge in [-0.2, -0.15) is 5.48 Å². The Bertz CT molecular complexity index is 930. The minimum Gasteiger partial charge on any atom is -0.512 e. The highest BCUT2D eigenvalue weighted by Gasteiger charge is 2.34. The van der Waals surface area contributed by atoms with Crippen LogP contribution < -0.4 is 5.48 Å². The second-order valence-corrected chi connectivity index (χ2v) is 8.18. The van der Waals surface area contributed by atoms with E-state index in [0.29, 0.717) is 24.0 Å². The highest BCUT2D eigenvalue weighted by molar-refractivity contribution is 6.25. The van der Waals surface area contributed by atoms with Crippen LogP contribution in [0.3, 0.4) is 0 Å². The van der Waals surface area contributed by atoms with Gasteiger partial charge in [0.25, 0.3) is 0 Å². The van der Waals surface area contributed by atoms with Gasteiger partial charge in [0.15, 0.2) is 11.6 Å². The maximum Gasteiger partial charge on any atom is 0.186 e. The zero-order chi connectivity index (χ0) is 23.1. The third-order valence-electron chi connectivity index (χ3n) is 5.74. The normalized spacial score (nSPS) is 18.4. The number of halogens is 1. The largest absolute Gasteiger partial charge is 0.512 e. The van der Waals surface area contributed by atoms with Crippen molar-refractivity contribution < 1.29 is 19.5 Å². The number of ketones is 2. The Morgan fingerprint density at radius 3 is 2.61 bits per heavy atom. The number of hydrogen-bond acceptors (Lipinski definition) is 5. The van der Waals surface area contributed by atoms with Gasteiger partial charge in [-0.25, -0.2) is 0 Å². The van der Waals surface area contributed by atoms with Crippen molar-refractivity contribution in [1.29, 1.82) is 0 Å². The third-order valence-corrected chi connectivity index (χ3v) is 5.92. The van der Waals surface area contributed by atoms with Gasteiger partial charge in [-0.15, -0.1) is 0 Å². The molecule has 2 unspecified atom stereocenters. The molecular weight excluding hydrogens is 414 g/mol. The van der Waals surface area contributed by atoms with Gasteiger partial charge in [0.2, 0.25) is 0 Å². The molecule has 5 nitrogen and oxygen atoms in total. The molecule has 0 heterocycles. The highest BCUT2D eigenvalue weighted by Crippen LogP contribution is 2.39. The fourth-order valence-corrected chi connectivity index (χ4v) is 4.60. The molecule has 0 amide bonds. The van der Waals surface area contributed by atoms with Crippen LogP contribution in [0, 0.1) is 20.8 Å². The van der Waals surface area contributed by atoms with E-state index in [9.17, 15) is 14.7 Å². The molecule has 31 heavy (non-hydrogen) atoms. The molecule has 2 N–H and O–H groups in total. The van der Waals surface area contributed by atoms with Gasteiger partial charge in [-0.05, 0) is 74.4 Å². The predicted octanol–water partition coefficient (Wildman–Crippen LogP) is 5.68. The lowest BCUT2D eigenvalue weighted by Crippen LogP contribution is -2.37. The lowest BCUT2D eigenvalue weighted by Gasteiger charge is -2.30. The summed E-state index contributed by atoms with van der Waals surface area (Å²) in [5.74, 6) is -0.241. The summed E-state index contributed by atoms with van der Waals surface area (Å²) in [4.78, 5) is 31.0. The van der Waals surface area contributed by atoms with Crippen LogP contribution in [-0.2, 0) is 9.63 Å². The Kier molecular flexibility index (Phi) is 9.23. The van der Waals surface area contributed by atoms with E-state index < -0.39 is 6.04 Å². The summed E-state index contributed by atoms with van der Waals surface area (Å²) in [7, 11) is 0. The van der Waals surface area contributed by atoms with Crippen molar-refractivity contribution in [3.05, 3.63) is 69.0 Å². The second kappa shape index (κ2) is 11.4. The molecule has 0 aliphatic heterocycles. The van der Waals surface area contributed by atoms with Crippen LogP contribution in [-0.4, -0.2) is 29.3 Å². The summed E-state index contributed by atoms with van der Waals surface area (Å²) in [6, 6.07) is 1.60. The number of benzene rings is 1. The molecule has 1 aromatic carbocycles. The summed E-state index contributed by atoms with van der Waals surface area (Å²) in [6.45, 7) is 9.85. The van der Waals surface area contributed by atoms with Gasteiger partial charge in [-0.1, -0.05) is 30.7 Å². The number of nitrogens with one attached hydrogen (secondary N) is 1. The Hall–Kier alpha value is -2.21. The number of carbonyl (C=O) groups is 2. The molecule has 1 aromatic rings. The second-order valence-electron chi connectivity index (χ2n) is 7.93. The van der Waals surface area contributed by atoms with Crippen molar-refractivity contribution in [3.63, 3.8) is 0 Å². The molecule has 0 radical (unpaired) electrons. The molecule has 1 aliphatic rings. The smallest absolute Gasteiger partial charge is 0.186 e. The standard InChI is InChI=1S/C25H32ClNO4/c1-6-9-20(28)24-16(4)12-15(3)23(17(24)5)18-13-21(29)25(22(30)14-18)19(7-2)27-31-11-8-10-26/h6,8-10,12,18-19,27,29H,7,11,13-14H2,1-5H3. The Balaban J connectivity index is 2.38. The number of aryl methyl sites for hydroxylation is 2. The summed E-state index contributed by atoms with van der Waals surface area (Å²) >= 11 is 5.49. The first-order valence-electron chi connectivity index (χ1n) is 10.6. The molecule has 0 spiro atoms. The first-order chi connectivity index (χ1) is 14.8. The van der Waals surface area contributed by atoms with E-state index in [-0.39, 0.29) is 36.3 Å². The molecule has 168 valence electrons. The fourth-order valence-electron chi connectivity index (χ4n) is 4.53. The number of rotatable bonds is 9. The fraction of sp³-hybridized carbons (Fsp3) is 0.440. The first-order valence-corrected chi connectivity index (χ1v) is 11.1. The molecule has 0 aromatic heterocycles. The van der Waals surface area contributed by atoms with Crippen molar-refractivity contribution in [2.45, 2.75) is 65.8 Å². The first kappa shape index (κ1) is 25.1. The molecule has 0 saturated heterocycles. The molecule has 0 fully saturated rings. The average Bonchev–Trinajstić information content (AvgIpc) is 2.69. The van der Waals surface area contributed by atoms with E-state index in [0.717, 1.165) is 22.3 Å². The summed E-state index contributed by atoms with van der Waals surface area (Å²) in [5, 5.41) is 10.8. The number of Topliss-reactive ketones (excluding diaryl/α,β-unsaturated/α-hetero) is 1. The zero-order valence-corrected chi connectivity index (χ0v) is 19.7. The van der Waals surface area contributed by atoms with Gasteiger partial charge in [0.05, 0.1) is 18.2 Å². The quantitative estimate of drug-likeness (QED) is 0.221. The lowest BCUT2D eigenvalue weighted by atomic mass is 9.76. The zero-order valence-electron chi connectivity index (χ0n) is 18.9. The van der Waals surface area contributed by atoms with Crippen LogP contribution in [0.2, 0.25) is 0 Å². The summed E-state index contributed by atoms with van der Waals surface area (Å²) in [5.41, 5.74) is 9.08. The monoisotopic (exact) mass is 445 g/mol. The van der Waals surface area contributed by atoms with E-state index in [4.69, 9.17) is 16.4 Å². The summed E-state index contributed by atoms with van der Waals surface area (Å²) in [6.07, 6.45) is 6.14. The SMILES string of the molecule is CC=CC(=O)c1c(C)cc(C)c(C2CC(=O)C(C(CC)NOCC=CCl)=C(O)C2)c1C. The van der Waals surface area contributed by atoms with Crippen molar-refractivity contribution in [2.75, 3.05) is 6.61 Å². The van der Waals surface area contributed by atoms with Crippen molar-refractivity contribution in [3.8, 4) is 0 Å². The average molecular weight is 446 g/mol. The predicted molar refractivity (Wildman–Crippen MR) is 125 cm³/mol. The van der Waals surface area contributed by atoms with E-state index in [1.807, 2.05) is 40.7 Å². The topological polar surface area (TPSA) is 75.6 Å². The number of hydrogen-bond donors (Lipinski definition) is 2. The van der Waals surface area contributed by atoms with E-state index in [1.165, 1.54) is 5.54 Å². The maximum atomic E-state index is 13.1. The van der Waals surface area contributed by atoms with Gasteiger partial charge in [0.1, 0.15) is 5.76 Å². The van der Waals surface area contributed by atoms with Crippen molar-refractivity contribution in [2.24, 2.45) is 0 Å². The summed E-state index contributed by atoms with van der Waals surface area (Å²) < 4.78 is 0. The van der Waals surface area contributed by atoms with Crippen molar-refractivity contribution in [1.82, 2.24) is 5.48 Å². The van der Waals surface area contributed by atoms with Crippen LogP contribution in [0.4, 0.5) is 0 Å². The van der Waals surface area contributed by atoms with Crippen LogP contribution in [0.25, 0.3) is 0 Å². The molecule has 1 aliphatic carbocycles. The van der Waals surface area contributed by atoms with E-state index >= 15 is 0 Å². The van der Waals surface area contributed by atoms with Crippen LogP contribution in [0.15, 0.2) is 41.2 Å². The number of allylic oxidation sites excluding steroid dienone is 3. The van der Waals surface area contributed by atoms with Gasteiger partial charge in [0, 0.05) is 23.9 Å². The molecule has 6 heteroatoms. The van der Waals surface area contributed by atoms with Crippen molar-refractivity contribution >= 4 is 23.2 Å². The van der Waals surface area contributed by atoms with Gasteiger partial charge in [-0.3, -0.25) is 14.4 Å². The number of aliphatic hydroxyl groups is 1. The Labute approximate surface area is 189 Å². The lowest BCUT2D eigenvalue weighted by molar-refractivity contribution is -0.117. The number of hydroxylamine groups is 1. The van der Waals surface area contributed by atoms with E-state index in [1.54, 1.807) is 18.2 Å². The molecule has 0 saturated carbocycles. The Morgan fingerprint density at radius 2 is 2.03 bits per heavy atom. The van der Waals surface area contributed by atoms with Gasteiger partial charge >= 0.3 is 0 Å². The molecule has 2 rings (SSSR count). The van der Waals surface area contributed by atoms with Gasteiger partial charge < -0.3 is 5.11 Å². The van der Waals surface area contributed by atoms with Crippen LogP contribution in [0.5, 0.6) is 0 Å². The minimum absolute atomic E-state index is 0.0419. The molecular formula is C25H32ClNO4. The highest BCUT2D eigenvalue weighted by atomic mass is 35.5. The third kappa shape index (κ3) is 5.73. The van der Waals surface area contributed by atoms with Crippen LogP contribution in [0.1, 0.15) is 71.6 Å². The van der Waals surface area contributed by atoms with Crippen LogP contribution >= 0.6 is 11.6 Å². The number of carbonyl (C=O) groups excluding carboxylic acids is 2. The number of aliphatic hydroxyl groups excluding tert-OH is 1. The maximum absolute atomic E-state index is 13.1. The van der Waals surface area contributed by atoms with E-state index in [2.05, 4.69) is 5.48 Å². The molecule has 0 bridgehead atoms.